The van der Waals surface area contributed by atoms with Gasteiger partial charge in [-0.05, 0) is 76.6 Å². The minimum atomic E-state index is 0.493. The molecule has 0 unspecified atom stereocenters. The molecule has 5 rings (SSSR count). The Morgan fingerprint density at radius 2 is 1.84 bits per heavy atom. The van der Waals surface area contributed by atoms with E-state index in [4.69, 9.17) is 15.7 Å². The van der Waals surface area contributed by atoms with Gasteiger partial charge < -0.3 is 10.6 Å². The molecule has 2 aromatic carbocycles. The van der Waals surface area contributed by atoms with Crippen LogP contribution in [0.25, 0.3) is 27.9 Å². The summed E-state index contributed by atoms with van der Waals surface area (Å²) in [4.78, 5) is 17.4. The topological polar surface area (TPSA) is 66.9 Å². The zero-order valence-electron chi connectivity index (χ0n) is 22.9. The molecule has 0 spiro atoms. The van der Waals surface area contributed by atoms with Crippen molar-refractivity contribution in [3.8, 4) is 11.3 Å². The molecular weight excluding hydrogens is 466 g/mol. The first-order valence-corrected chi connectivity index (χ1v) is 14.0. The molecule has 1 aromatic heterocycles. The average molecular weight is 506 g/mol. The summed E-state index contributed by atoms with van der Waals surface area (Å²) in [7, 11) is 0. The molecular formula is C33H39N5. The van der Waals surface area contributed by atoms with Gasteiger partial charge in [0.05, 0.1) is 16.9 Å². The fourth-order valence-electron chi connectivity index (χ4n) is 5.46. The third-order valence-electron chi connectivity index (χ3n) is 7.93. The SMILES string of the molecule is C\C=C/N=C(N)/C(C)=C(/N=C(CC)C1CC(CN2CCC2)C1)c1ccc2ccc(-c3ccccc3)nc2c1. The number of amidine groups is 1. The second-order valence-corrected chi connectivity index (χ2v) is 10.6. The molecule has 1 aliphatic carbocycles. The Bertz CT molecular complexity index is 1390. The molecule has 2 N–H and O–H groups in total. The van der Waals surface area contributed by atoms with Crippen molar-refractivity contribution in [3.63, 3.8) is 0 Å². The Labute approximate surface area is 226 Å². The quantitative estimate of drug-likeness (QED) is 0.249. The number of nitrogens with zero attached hydrogens (tertiary/aromatic N) is 4. The van der Waals surface area contributed by atoms with E-state index >= 15 is 0 Å². The summed E-state index contributed by atoms with van der Waals surface area (Å²) in [6.45, 7) is 9.98. The second kappa shape index (κ2) is 11.9. The van der Waals surface area contributed by atoms with Crippen molar-refractivity contribution >= 4 is 28.1 Å². The zero-order valence-corrected chi connectivity index (χ0v) is 22.9. The molecule has 0 amide bonds. The van der Waals surface area contributed by atoms with E-state index in [0.29, 0.717) is 11.8 Å². The molecule has 2 heterocycles. The molecule has 196 valence electrons. The molecule has 0 atom stereocenters. The van der Waals surface area contributed by atoms with Gasteiger partial charge in [0.1, 0.15) is 5.84 Å². The molecule has 1 saturated heterocycles. The highest BCUT2D eigenvalue weighted by atomic mass is 15.2. The number of hydrogen-bond acceptors (Lipinski definition) is 4. The first-order valence-electron chi connectivity index (χ1n) is 14.0. The van der Waals surface area contributed by atoms with Crippen LogP contribution in [0.5, 0.6) is 0 Å². The number of aliphatic imine (C=N–C) groups is 2. The van der Waals surface area contributed by atoms with Crippen LogP contribution >= 0.6 is 0 Å². The molecule has 5 nitrogen and oxygen atoms in total. The lowest BCUT2D eigenvalue weighted by Gasteiger charge is -2.42. The maximum absolute atomic E-state index is 6.44. The molecule has 5 heteroatoms. The van der Waals surface area contributed by atoms with E-state index in [-0.39, 0.29) is 0 Å². The normalized spacial score (nSPS) is 21.3. The predicted octanol–water partition coefficient (Wildman–Crippen LogP) is 7.11. The van der Waals surface area contributed by atoms with Crippen molar-refractivity contribution in [1.29, 1.82) is 0 Å². The van der Waals surface area contributed by atoms with Crippen molar-refractivity contribution in [1.82, 2.24) is 9.88 Å². The first kappa shape index (κ1) is 26.1. The van der Waals surface area contributed by atoms with Crippen LogP contribution in [-0.4, -0.2) is 41.1 Å². The predicted molar refractivity (Wildman–Crippen MR) is 161 cm³/mol. The lowest BCUT2D eigenvalue weighted by Crippen LogP contribution is -2.44. The fourth-order valence-corrected chi connectivity index (χ4v) is 5.46. The van der Waals surface area contributed by atoms with Gasteiger partial charge >= 0.3 is 0 Å². The van der Waals surface area contributed by atoms with Gasteiger partial charge in [-0.25, -0.2) is 9.98 Å². The molecule has 2 fully saturated rings. The van der Waals surface area contributed by atoms with Crippen LogP contribution in [-0.2, 0) is 0 Å². The number of aromatic nitrogens is 1. The first-order chi connectivity index (χ1) is 18.6. The number of likely N-dealkylation sites (tertiary alicyclic amines) is 1. The highest BCUT2D eigenvalue weighted by Gasteiger charge is 2.34. The van der Waals surface area contributed by atoms with E-state index in [9.17, 15) is 0 Å². The number of allylic oxidation sites excluding steroid dienone is 1. The number of fused-ring (bicyclic) bond motifs is 1. The Balaban J connectivity index is 1.51. The highest BCUT2D eigenvalue weighted by molar-refractivity contribution is 6.06. The van der Waals surface area contributed by atoms with Crippen LogP contribution < -0.4 is 5.73 Å². The Morgan fingerprint density at radius 3 is 2.53 bits per heavy atom. The van der Waals surface area contributed by atoms with Crippen molar-refractivity contribution in [2.24, 2.45) is 27.6 Å². The van der Waals surface area contributed by atoms with Crippen molar-refractivity contribution in [2.45, 2.75) is 46.5 Å². The summed E-state index contributed by atoms with van der Waals surface area (Å²) in [5, 5.41) is 1.11. The van der Waals surface area contributed by atoms with Crippen LogP contribution in [0.2, 0.25) is 0 Å². The van der Waals surface area contributed by atoms with Gasteiger partial charge in [-0.2, -0.15) is 0 Å². The van der Waals surface area contributed by atoms with Crippen LogP contribution in [0.1, 0.15) is 52.0 Å². The lowest BCUT2D eigenvalue weighted by molar-refractivity contribution is 0.106. The molecule has 3 aromatic rings. The molecule has 38 heavy (non-hydrogen) atoms. The molecule has 0 bridgehead atoms. The zero-order chi connectivity index (χ0) is 26.5. The number of benzene rings is 2. The fraction of sp³-hybridized carbons (Fsp3) is 0.364. The van der Waals surface area contributed by atoms with E-state index < -0.39 is 0 Å². The summed E-state index contributed by atoms with van der Waals surface area (Å²) in [5.74, 6) is 1.84. The van der Waals surface area contributed by atoms with Gasteiger partial charge in [-0.15, -0.1) is 0 Å². The molecule has 0 radical (unpaired) electrons. The van der Waals surface area contributed by atoms with Crippen LogP contribution in [0.4, 0.5) is 0 Å². The Kier molecular flexibility index (Phi) is 8.14. The summed E-state index contributed by atoms with van der Waals surface area (Å²) in [6, 6.07) is 20.9. The largest absolute Gasteiger partial charge is 0.383 e. The van der Waals surface area contributed by atoms with Crippen LogP contribution in [0, 0.1) is 11.8 Å². The van der Waals surface area contributed by atoms with Crippen molar-refractivity contribution < 1.29 is 0 Å². The van der Waals surface area contributed by atoms with Gasteiger partial charge in [0.2, 0.25) is 0 Å². The maximum atomic E-state index is 6.44. The Hall–Kier alpha value is -3.57. The van der Waals surface area contributed by atoms with Crippen LogP contribution in [0.15, 0.2) is 88.5 Å². The van der Waals surface area contributed by atoms with Crippen LogP contribution in [0.3, 0.4) is 0 Å². The summed E-state index contributed by atoms with van der Waals surface area (Å²) < 4.78 is 0. The lowest BCUT2D eigenvalue weighted by atomic mass is 9.71. The summed E-state index contributed by atoms with van der Waals surface area (Å²) in [5.41, 5.74) is 13.5. The highest BCUT2D eigenvalue weighted by Crippen LogP contribution is 2.38. The van der Waals surface area contributed by atoms with E-state index in [1.54, 1.807) is 6.20 Å². The van der Waals surface area contributed by atoms with Crippen molar-refractivity contribution in [2.75, 3.05) is 19.6 Å². The standard InChI is InChI=1S/C33H39N5/c1-4-16-35-33(34)23(3)32(37-29(5-2)28-19-24(20-28)22-38-17-9-18-38)27-13-12-26-14-15-30(36-31(26)21-27)25-10-7-6-8-11-25/h4,6-8,10-16,21,24,28H,5,9,17-20,22H2,1-3H3,(H2,34,35)/b16-4-,32-23+,37-29?. The summed E-state index contributed by atoms with van der Waals surface area (Å²) >= 11 is 0. The third-order valence-corrected chi connectivity index (χ3v) is 7.93. The van der Waals surface area contributed by atoms with Gasteiger partial charge in [0.25, 0.3) is 0 Å². The molecule has 1 saturated carbocycles. The average Bonchev–Trinajstić information content (AvgIpc) is 2.91. The third kappa shape index (κ3) is 5.78. The van der Waals surface area contributed by atoms with Gasteiger partial charge in [0, 0.05) is 40.5 Å². The van der Waals surface area contributed by atoms with Gasteiger partial charge in [-0.3, -0.25) is 4.99 Å². The number of nitrogens with two attached hydrogens (primary N) is 1. The maximum Gasteiger partial charge on any atom is 0.128 e. The number of pyridine rings is 1. The van der Waals surface area contributed by atoms with Gasteiger partial charge in [-0.1, -0.05) is 61.5 Å². The van der Waals surface area contributed by atoms with E-state index in [0.717, 1.165) is 51.3 Å². The minimum Gasteiger partial charge on any atom is -0.383 e. The molecule has 1 aliphatic heterocycles. The Morgan fingerprint density at radius 1 is 1.08 bits per heavy atom. The molecule has 2 aliphatic rings. The van der Waals surface area contributed by atoms with E-state index in [1.807, 2.05) is 38.1 Å². The summed E-state index contributed by atoms with van der Waals surface area (Å²) in [6.07, 6.45) is 8.39. The monoisotopic (exact) mass is 505 g/mol. The van der Waals surface area contributed by atoms with Gasteiger partial charge in [0.15, 0.2) is 0 Å². The number of rotatable bonds is 9. The smallest absolute Gasteiger partial charge is 0.128 e. The minimum absolute atomic E-state index is 0.493. The van der Waals surface area contributed by atoms with E-state index in [2.05, 4.69) is 59.3 Å². The second-order valence-electron chi connectivity index (χ2n) is 10.6. The van der Waals surface area contributed by atoms with Crippen molar-refractivity contribution in [3.05, 3.63) is 84.1 Å². The number of hydrogen-bond donors (Lipinski definition) is 1. The van der Waals surface area contributed by atoms with E-state index in [1.165, 1.54) is 44.6 Å².